The van der Waals surface area contributed by atoms with Crippen molar-refractivity contribution in [3.05, 3.63) is 20.6 Å². The molecule has 0 spiro atoms. The number of nitrogens with one attached hydrogen (secondary N) is 1. The van der Waals surface area contributed by atoms with Crippen LogP contribution in [-0.4, -0.2) is 20.8 Å². The Bertz CT molecular complexity index is 426. The van der Waals surface area contributed by atoms with Gasteiger partial charge in [0.05, 0.1) is 35.8 Å². The normalized spacial score (nSPS) is 18.5. The number of fused-ring (bicyclic) bond motifs is 1. The molecule has 1 aliphatic rings. The average molecular weight is 367 g/mol. The van der Waals surface area contributed by atoms with Crippen molar-refractivity contribution in [3.8, 4) is 11.5 Å². The van der Waals surface area contributed by atoms with Crippen molar-refractivity contribution in [1.82, 2.24) is 5.48 Å². The van der Waals surface area contributed by atoms with E-state index in [9.17, 15) is 0 Å². The number of methoxy groups -OCH3 is 1. The zero-order valence-electron chi connectivity index (χ0n) is 9.55. The van der Waals surface area contributed by atoms with Crippen LogP contribution >= 0.6 is 31.9 Å². The summed E-state index contributed by atoms with van der Waals surface area (Å²) < 4.78 is 12.8. The van der Waals surface area contributed by atoms with Crippen molar-refractivity contribution in [2.45, 2.75) is 12.5 Å². The molecule has 0 fully saturated rings. The number of halogens is 2. The summed E-state index contributed by atoms with van der Waals surface area (Å²) in [6, 6.07) is 1.97. The average Bonchev–Trinajstić information content (AvgIpc) is 2.34. The van der Waals surface area contributed by atoms with Gasteiger partial charge in [-0.25, -0.2) is 0 Å². The third-order valence-electron chi connectivity index (χ3n) is 2.65. The van der Waals surface area contributed by atoms with Gasteiger partial charge >= 0.3 is 0 Å². The number of hydrogen-bond acceptors (Lipinski definition) is 4. The minimum Gasteiger partial charge on any atom is -0.496 e. The van der Waals surface area contributed by atoms with Crippen LogP contribution in [0.1, 0.15) is 18.0 Å². The third-order valence-corrected chi connectivity index (χ3v) is 4.06. The Hall–Kier alpha value is -0.300. The van der Waals surface area contributed by atoms with Crippen LogP contribution in [0.5, 0.6) is 11.5 Å². The van der Waals surface area contributed by atoms with Crippen LogP contribution in [-0.2, 0) is 4.84 Å². The van der Waals surface area contributed by atoms with E-state index in [2.05, 4.69) is 37.3 Å². The minimum atomic E-state index is 0.0875. The van der Waals surface area contributed by atoms with Gasteiger partial charge in [0.1, 0.15) is 11.5 Å². The number of ether oxygens (including phenoxy) is 2. The molecule has 6 heteroatoms. The molecule has 0 radical (unpaired) electrons. The van der Waals surface area contributed by atoms with E-state index in [-0.39, 0.29) is 6.04 Å². The molecule has 4 nitrogen and oxygen atoms in total. The van der Waals surface area contributed by atoms with Gasteiger partial charge in [-0.05, 0) is 37.9 Å². The van der Waals surface area contributed by atoms with Gasteiger partial charge in [0.15, 0.2) is 0 Å². The van der Waals surface area contributed by atoms with E-state index in [4.69, 9.17) is 14.3 Å². The molecule has 2 rings (SSSR count). The first kappa shape index (κ1) is 13.1. The molecule has 94 valence electrons. The van der Waals surface area contributed by atoms with Gasteiger partial charge in [-0.2, -0.15) is 5.48 Å². The summed E-state index contributed by atoms with van der Waals surface area (Å²) >= 11 is 7.04. The number of benzene rings is 1. The molecule has 1 aromatic carbocycles. The van der Waals surface area contributed by atoms with E-state index < -0.39 is 0 Å². The highest BCUT2D eigenvalue weighted by atomic mass is 79.9. The van der Waals surface area contributed by atoms with Gasteiger partial charge in [0.2, 0.25) is 0 Å². The summed E-state index contributed by atoms with van der Waals surface area (Å²) in [5.74, 6) is 1.60. The molecule has 1 aliphatic heterocycles. The molecular formula is C11H13Br2NO3. The Labute approximate surface area is 117 Å². The summed E-state index contributed by atoms with van der Waals surface area (Å²) in [5, 5.41) is 0. The predicted molar refractivity (Wildman–Crippen MR) is 71.4 cm³/mol. The highest BCUT2D eigenvalue weighted by molar-refractivity contribution is 9.11. The molecule has 1 N–H and O–H groups in total. The molecule has 1 atom stereocenters. The maximum atomic E-state index is 5.68. The van der Waals surface area contributed by atoms with Crippen LogP contribution in [0, 0.1) is 0 Å². The first-order valence-electron chi connectivity index (χ1n) is 5.16. The summed E-state index contributed by atoms with van der Waals surface area (Å²) in [6.07, 6.45) is 0.846. The van der Waals surface area contributed by atoms with E-state index in [1.165, 1.54) is 0 Å². The smallest absolute Gasteiger partial charge is 0.139 e. The molecule has 0 amide bonds. The fourth-order valence-corrected chi connectivity index (χ4v) is 3.16. The second-order valence-corrected chi connectivity index (χ2v) is 5.28. The monoisotopic (exact) mass is 365 g/mol. The molecular weight excluding hydrogens is 354 g/mol. The minimum absolute atomic E-state index is 0.0875. The third kappa shape index (κ3) is 2.45. The molecule has 17 heavy (non-hydrogen) atoms. The van der Waals surface area contributed by atoms with E-state index in [0.717, 1.165) is 32.4 Å². The maximum Gasteiger partial charge on any atom is 0.139 e. The van der Waals surface area contributed by atoms with Crippen LogP contribution in [0.25, 0.3) is 0 Å². The van der Waals surface area contributed by atoms with Crippen LogP contribution in [0.2, 0.25) is 0 Å². The molecule has 0 saturated carbocycles. The second kappa shape index (κ2) is 5.56. The van der Waals surface area contributed by atoms with E-state index >= 15 is 0 Å². The molecule has 1 heterocycles. The van der Waals surface area contributed by atoms with Crippen molar-refractivity contribution in [2.75, 3.05) is 20.8 Å². The lowest BCUT2D eigenvalue weighted by molar-refractivity contribution is 0.0457. The first-order chi connectivity index (χ1) is 8.19. The van der Waals surface area contributed by atoms with Crippen molar-refractivity contribution >= 4 is 31.9 Å². The number of hydroxylamine groups is 1. The quantitative estimate of drug-likeness (QED) is 0.834. The number of hydrogen-bond donors (Lipinski definition) is 1. The van der Waals surface area contributed by atoms with E-state index in [1.54, 1.807) is 14.2 Å². The molecule has 1 unspecified atom stereocenters. The topological polar surface area (TPSA) is 39.7 Å². The highest BCUT2D eigenvalue weighted by Gasteiger charge is 2.28. The zero-order valence-corrected chi connectivity index (χ0v) is 12.7. The molecule has 0 bridgehead atoms. The van der Waals surface area contributed by atoms with Gasteiger partial charge in [0.25, 0.3) is 0 Å². The Balaban J connectivity index is 2.53. The van der Waals surface area contributed by atoms with E-state index in [1.807, 2.05) is 6.07 Å². The Morgan fingerprint density at radius 2 is 2.18 bits per heavy atom. The lowest BCUT2D eigenvalue weighted by atomic mass is 10.0. The lowest BCUT2D eigenvalue weighted by Gasteiger charge is -2.28. The van der Waals surface area contributed by atoms with Crippen LogP contribution < -0.4 is 15.0 Å². The fraction of sp³-hybridized carbons (Fsp3) is 0.455. The lowest BCUT2D eigenvalue weighted by Crippen LogP contribution is -2.27. The van der Waals surface area contributed by atoms with Gasteiger partial charge in [-0.3, -0.25) is 0 Å². The molecule has 1 aromatic rings. The standard InChI is InChI=1S/C11H13Br2NO3/c1-15-8-5-6(12)11-9(10(8)13)7(14-16-2)3-4-17-11/h5,7,14H,3-4H2,1-2H3. The first-order valence-corrected chi connectivity index (χ1v) is 6.74. The summed E-state index contributed by atoms with van der Waals surface area (Å²) in [5.41, 5.74) is 3.99. The van der Waals surface area contributed by atoms with Gasteiger partial charge in [-0.15, -0.1) is 0 Å². The largest absolute Gasteiger partial charge is 0.496 e. The molecule has 0 saturated heterocycles. The fourth-order valence-electron chi connectivity index (χ4n) is 1.89. The Morgan fingerprint density at radius 3 is 2.82 bits per heavy atom. The van der Waals surface area contributed by atoms with Gasteiger partial charge in [-0.1, -0.05) is 0 Å². The van der Waals surface area contributed by atoms with Crippen molar-refractivity contribution < 1.29 is 14.3 Å². The number of rotatable bonds is 3. The second-order valence-electron chi connectivity index (χ2n) is 3.63. The maximum absolute atomic E-state index is 5.68. The van der Waals surface area contributed by atoms with Gasteiger partial charge < -0.3 is 14.3 Å². The summed E-state index contributed by atoms with van der Waals surface area (Å²) in [7, 11) is 3.25. The summed E-state index contributed by atoms with van der Waals surface area (Å²) in [4.78, 5) is 5.02. The van der Waals surface area contributed by atoms with Crippen molar-refractivity contribution in [1.29, 1.82) is 0 Å². The van der Waals surface area contributed by atoms with Crippen LogP contribution in [0.15, 0.2) is 15.0 Å². The van der Waals surface area contributed by atoms with Crippen LogP contribution in [0.3, 0.4) is 0 Å². The van der Waals surface area contributed by atoms with Crippen LogP contribution in [0.4, 0.5) is 0 Å². The molecule has 0 aliphatic carbocycles. The Kier molecular flexibility index (Phi) is 4.30. The van der Waals surface area contributed by atoms with E-state index in [0.29, 0.717) is 6.61 Å². The summed E-state index contributed by atoms with van der Waals surface area (Å²) in [6.45, 7) is 0.658. The van der Waals surface area contributed by atoms with Crippen molar-refractivity contribution in [2.24, 2.45) is 0 Å². The predicted octanol–water partition coefficient (Wildman–Crippen LogP) is 3.19. The zero-order chi connectivity index (χ0) is 12.4. The Morgan fingerprint density at radius 1 is 1.41 bits per heavy atom. The highest BCUT2D eigenvalue weighted by Crippen LogP contribution is 2.46. The SMILES string of the molecule is CONC1CCOc2c(Br)cc(OC)c(Br)c21. The molecule has 0 aromatic heterocycles. The van der Waals surface area contributed by atoms with Crippen molar-refractivity contribution in [3.63, 3.8) is 0 Å². The van der Waals surface area contributed by atoms with Gasteiger partial charge in [0, 0.05) is 12.0 Å².